The van der Waals surface area contributed by atoms with Crippen molar-refractivity contribution in [3.63, 3.8) is 0 Å². The monoisotopic (exact) mass is 202 g/mol. The van der Waals surface area contributed by atoms with Crippen LogP contribution in [0.2, 0.25) is 0 Å². The number of ketones is 1. The topological polar surface area (TPSA) is 17.1 Å². The normalized spacial score (nSPS) is 12.8. The third-order valence-corrected chi connectivity index (χ3v) is 3.42. The van der Waals surface area contributed by atoms with Gasteiger partial charge in [0.05, 0.1) is 0 Å². The lowest BCUT2D eigenvalue weighted by Crippen LogP contribution is -2.10. The van der Waals surface area contributed by atoms with Crippen molar-refractivity contribution < 1.29 is 4.79 Å². The van der Waals surface area contributed by atoms with E-state index in [2.05, 4.69) is 13.8 Å². The highest BCUT2D eigenvalue weighted by molar-refractivity contribution is 7.99. The van der Waals surface area contributed by atoms with E-state index in [1.54, 1.807) is 6.92 Å². The molecule has 0 saturated carbocycles. The lowest BCUT2D eigenvalue weighted by molar-refractivity contribution is -0.120. The first-order chi connectivity index (χ1) is 6.22. The number of carbonyl (C=O) groups excluding carboxylic acids is 1. The summed E-state index contributed by atoms with van der Waals surface area (Å²) in [5.74, 6) is 3.08. The van der Waals surface area contributed by atoms with Crippen molar-refractivity contribution in [2.45, 2.75) is 46.5 Å². The summed E-state index contributed by atoms with van der Waals surface area (Å²) in [6, 6.07) is 0. The summed E-state index contributed by atoms with van der Waals surface area (Å²) in [6.45, 7) is 6.03. The Hall–Kier alpha value is 0.0200. The summed E-state index contributed by atoms with van der Waals surface area (Å²) in [6.07, 6.45) is 4.66. The van der Waals surface area contributed by atoms with Gasteiger partial charge in [-0.1, -0.05) is 20.3 Å². The molecule has 0 unspecified atom stereocenters. The Kier molecular flexibility index (Phi) is 8.62. The molecule has 0 radical (unpaired) electrons. The summed E-state index contributed by atoms with van der Waals surface area (Å²) in [5, 5.41) is 0. The van der Waals surface area contributed by atoms with Crippen LogP contribution in [-0.2, 0) is 4.79 Å². The molecular weight excluding hydrogens is 180 g/mol. The van der Waals surface area contributed by atoms with Crippen molar-refractivity contribution in [3.05, 3.63) is 0 Å². The molecular formula is C11H22OS. The SMILES string of the molecule is CCCCSCC[C@H](CC)C(C)=O. The zero-order valence-corrected chi connectivity index (χ0v) is 9.95. The van der Waals surface area contributed by atoms with E-state index in [-0.39, 0.29) is 0 Å². The van der Waals surface area contributed by atoms with E-state index in [0.29, 0.717) is 11.7 Å². The Morgan fingerprint density at radius 2 is 2.00 bits per heavy atom. The summed E-state index contributed by atoms with van der Waals surface area (Å²) >= 11 is 1.99. The van der Waals surface area contributed by atoms with Gasteiger partial charge in [-0.25, -0.2) is 0 Å². The number of hydrogen-bond donors (Lipinski definition) is 0. The van der Waals surface area contributed by atoms with Crippen LogP contribution in [0.3, 0.4) is 0 Å². The molecule has 0 aliphatic heterocycles. The van der Waals surface area contributed by atoms with Gasteiger partial charge in [-0.3, -0.25) is 4.79 Å². The third kappa shape index (κ3) is 7.12. The molecule has 0 aromatic carbocycles. The molecule has 0 aromatic heterocycles. The van der Waals surface area contributed by atoms with Crippen molar-refractivity contribution >= 4 is 17.5 Å². The Labute approximate surface area is 86.7 Å². The summed E-state index contributed by atoms with van der Waals surface area (Å²) in [4.78, 5) is 11.1. The van der Waals surface area contributed by atoms with Crippen LogP contribution in [-0.4, -0.2) is 17.3 Å². The van der Waals surface area contributed by atoms with Gasteiger partial charge in [0.25, 0.3) is 0 Å². The molecule has 0 fully saturated rings. The molecule has 2 heteroatoms. The molecule has 13 heavy (non-hydrogen) atoms. The van der Waals surface area contributed by atoms with Crippen molar-refractivity contribution in [3.8, 4) is 0 Å². The molecule has 0 N–H and O–H groups in total. The zero-order chi connectivity index (χ0) is 10.1. The Morgan fingerprint density at radius 3 is 2.46 bits per heavy atom. The van der Waals surface area contributed by atoms with E-state index in [9.17, 15) is 4.79 Å². The van der Waals surface area contributed by atoms with Crippen molar-refractivity contribution in [1.82, 2.24) is 0 Å². The number of carbonyl (C=O) groups is 1. The second-order valence-corrected chi connectivity index (χ2v) is 4.70. The van der Waals surface area contributed by atoms with Gasteiger partial charge in [-0.15, -0.1) is 0 Å². The maximum atomic E-state index is 11.1. The van der Waals surface area contributed by atoms with Gasteiger partial charge >= 0.3 is 0 Å². The van der Waals surface area contributed by atoms with Crippen molar-refractivity contribution in [2.24, 2.45) is 5.92 Å². The first kappa shape index (κ1) is 13.0. The van der Waals surface area contributed by atoms with Crippen molar-refractivity contribution in [2.75, 3.05) is 11.5 Å². The van der Waals surface area contributed by atoms with Gasteiger partial charge in [0.15, 0.2) is 0 Å². The number of rotatable bonds is 8. The molecule has 0 saturated heterocycles. The smallest absolute Gasteiger partial charge is 0.132 e. The third-order valence-electron chi connectivity index (χ3n) is 2.32. The Balaban J connectivity index is 3.33. The molecule has 0 spiro atoms. The molecule has 78 valence electrons. The fourth-order valence-corrected chi connectivity index (χ4v) is 2.42. The van der Waals surface area contributed by atoms with Crippen molar-refractivity contribution in [1.29, 1.82) is 0 Å². The van der Waals surface area contributed by atoms with Crippen LogP contribution < -0.4 is 0 Å². The molecule has 1 atom stereocenters. The van der Waals surface area contributed by atoms with Gasteiger partial charge < -0.3 is 0 Å². The van der Waals surface area contributed by atoms with E-state index in [1.807, 2.05) is 11.8 Å². The minimum Gasteiger partial charge on any atom is -0.300 e. The number of Topliss-reactive ketones (excluding diaryl/α,β-unsaturated/α-hetero) is 1. The van der Waals surface area contributed by atoms with Crippen LogP contribution in [0.15, 0.2) is 0 Å². The molecule has 0 heterocycles. The van der Waals surface area contributed by atoms with Crippen LogP contribution in [0.25, 0.3) is 0 Å². The van der Waals surface area contributed by atoms with E-state index in [1.165, 1.54) is 18.6 Å². The lowest BCUT2D eigenvalue weighted by Gasteiger charge is -2.09. The van der Waals surface area contributed by atoms with Crippen LogP contribution in [0.5, 0.6) is 0 Å². The first-order valence-corrected chi connectivity index (χ1v) is 6.46. The van der Waals surface area contributed by atoms with Gasteiger partial charge in [-0.2, -0.15) is 11.8 Å². The average molecular weight is 202 g/mol. The highest BCUT2D eigenvalue weighted by atomic mass is 32.2. The predicted molar refractivity (Wildman–Crippen MR) is 61.3 cm³/mol. The quantitative estimate of drug-likeness (QED) is 0.560. The maximum absolute atomic E-state index is 11.1. The number of hydrogen-bond acceptors (Lipinski definition) is 2. The van der Waals surface area contributed by atoms with E-state index in [4.69, 9.17) is 0 Å². The molecule has 0 amide bonds. The molecule has 0 aromatic rings. The fourth-order valence-electron chi connectivity index (χ4n) is 1.27. The van der Waals surface area contributed by atoms with Crippen LogP contribution in [0, 0.1) is 5.92 Å². The molecule has 1 nitrogen and oxygen atoms in total. The van der Waals surface area contributed by atoms with Gasteiger partial charge in [-0.05, 0) is 37.7 Å². The Bertz CT molecular complexity index is 134. The lowest BCUT2D eigenvalue weighted by atomic mass is 10.00. The molecule has 0 bridgehead atoms. The summed E-state index contributed by atoms with van der Waals surface area (Å²) in [5.41, 5.74) is 0. The fraction of sp³-hybridized carbons (Fsp3) is 0.909. The number of unbranched alkanes of at least 4 members (excludes halogenated alkanes) is 1. The van der Waals surface area contributed by atoms with Gasteiger partial charge in [0, 0.05) is 5.92 Å². The van der Waals surface area contributed by atoms with Crippen LogP contribution in [0.1, 0.15) is 46.5 Å². The first-order valence-electron chi connectivity index (χ1n) is 5.30. The molecule has 0 aliphatic carbocycles. The van der Waals surface area contributed by atoms with Gasteiger partial charge in [0.2, 0.25) is 0 Å². The van der Waals surface area contributed by atoms with Crippen LogP contribution in [0.4, 0.5) is 0 Å². The Morgan fingerprint density at radius 1 is 1.31 bits per heavy atom. The van der Waals surface area contributed by atoms with E-state index in [0.717, 1.165) is 18.6 Å². The molecule has 0 aliphatic rings. The minimum absolute atomic E-state index is 0.314. The minimum atomic E-state index is 0.314. The van der Waals surface area contributed by atoms with Gasteiger partial charge in [0.1, 0.15) is 5.78 Å². The zero-order valence-electron chi connectivity index (χ0n) is 9.14. The predicted octanol–water partition coefficient (Wildman–Crippen LogP) is 3.53. The summed E-state index contributed by atoms with van der Waals surface area (Å²) in [7, 11) is 0. The van der Waals surface area contributed by atoms with Crippen LogP contribution >= 0.6 is 11.8 Å². The highest BCUT2D eigenvalue weighted by Crippen LogP contribution is 2.14. The number of thioether (sulfide) groups is 1. The summed E-state index contributed by atoms with van der Waals surface area (Å²) < 4.78 is 0. The maximum Gasteiger partial charge on any atom is 0.132 e. The highest BCUT2D eigenvalue weighted by Gasteiger charge is 2.10. The standard InChI is InChI=1S/C11H22OS/c1-4-6-8-13-9-7-11(5-2)10(3)12/h11H,4-9H2,1-3H3/t11-/m0/s1. The second kappa shape index (κ2) is 8.61. The van der Waals surface area contributed by atoms with E-state index >= 15 is 0 Å². The van der Waals surface area contributed by atoms with E-state index < -0.39 is 0 Å². The second-order valence-electron chi connectivity index (χ2n) is 3.47. The average Bonchev–Trinajstić information content (AvgIpc) is 2.10. The molecule has 0 rings (SSSR count). The largest absolute Gasteiger partial charge is 0.300 e.